The number of methoxy groups -OCH3 is 1. The second-order valence-electron chi connectivity index (χ2n) is 6.51. The lowest BCUT2D eigenvalue weighted by molar-refractivity contribution is 0.0897. The van der Waals surface area contributed by atoms with Gasteiger partial charge in [0, 0.05) is 18.1 Å². The topological polar surface area (TPSA) is 124 Å². The highest BCUT2D eigenvalue weighted by molar-refractivity contribution is 9.10. The Morgan fingerprint density at radius 3 is 2.58 bits per heavy atom. The van der Waals surface area contributed by atoms with E-state index in [-0.39, 0.29) is 31.4 Å². The lowest BCUT2D eigenvalue weighted by Gasteiger charge is -2.09. The predicted molar refractivity (Wildman–Crippen MR) is 115 cm³/mol. The Balaban J connectivity index is 1.50. The van der Waals surface area contributed by atoms with Crippen LogP contribution in [0.2, 0.25) is 5.02 Å². The van der Waals surface area contributed by atoms with Gasteiger partial charge in [-0.25, -0.2) is 0 Å². The first-order valence-electron chi connectivity index (χ1n) is 9.22. The van der Waals surface area contributed by atoms with Crippen molar-refractivity contribution in [2.45, 2.75) is 20.4 Å². The number of rotatable bonds is 8. The largest absolute Gasteiger partial charge is 0.496 e. The van der Waals surface area contributed by atoms with Gasteiger partial charge < -0.3 is 19.9 Å². The summed E-state index contributed by atoms with van der Waals surface area (Å²) in [5.74, 6) is -0.352. The van der Waals surface area contributed by atoms with Crippen molar-refractivity contribution in [3.05, 3.63) is 56.4 Å². The molecule has 0 bridgehead atoms. The van der Waals surface area contributed by atoms with Gasteiger partial charge in [0.1, 0.15) is 12.3 Å². The molecule has 0 atom stereocenters. The van der Waals surface area contributed by atoms with Gasteiger partial charge in [-0.1, -0.05) is 16.8 Å². The second-order valence-corrected chi connectivity index (χ2v) is 7.74. The highest BCUT2D eigenvalue weighted by Crippen LogP contribution is 2.22. The Kier molecular flexibility index (Phi) is 7.29. The molecule has 12 heteroatoms. The molecule has 164 valence electrons. The van der Waals surface area contributed by atoms with E-state index in [2.05, 4.69) is 41.8 Å². The molecule has 3 rings (SSSR count). The molecular formula is C19H20BrClN6O4. The van der Waals surface area contributed by atoms with E-state index in [4.69, 9.17) is 20.9 Å². The second kappa shape index (κ2) is 9.92. The summed E-state index contributed by atoms with van der Waals surface area (Å²) in [5.41, 5.74) is 2.07. The molecule has 2 amide bonds. The minimum atomic E-state index is -0.539. The summed E-state index contributed by atoms with van der Waals surface area (Å²) >= 11 is 9.39. The summed E-state index contributed by atoms with van der Waals surface area (Å²) in [4.78, 5) is 28.6. The number of carbonyl (C=O) groups excluding carboxylic acids is 2. The van der Waals surface area contributed by atoms with Crippen molar-refractivity contribution in [1.29, 1.82) is 0 Å². The Labute approximate surface area is 191 Å². The van der Waals surface area contributed by atoms with Gasteiger partial charge in [0.15, 0.2) is 5.82 Å². The summed E-state index contributed by atoms with van der Waals surface area (Å²) in [5, 5.41) is 13.9. The van der Waals surface area contributed by atoms with E-state index in [0.717, 1.165) is 15.9 Å². The van der Waals surface area contributed by atoms with Crippen LogP contribution in [0.3, 0.4) is 0 Å². The fourth-order valence-electron chi connectivity index (χ4n) is 2.75. The molecule has 0 aliphatic rings. The number of nitrogens with one attached hydrogen (secondary N) is 2. The van der Waals surface area contributed by atoms with E-state index < -0.39 is 5.91 Å². The maximum absolute atomic E-state index is 12.3. The first-order chi connectivity index (χ1) is 14.8. The van der Waals surface area contributed by atoms with Crippen molar-refractivity contribution < 1.29 is 18.8 Å². The number of benzene rings is 1. The summed E-state index contributed by atoms with van der Waals surface area (Å²) in [6, 6.07) is 4.75. The Morgan fingerprint density at radius 1 is 1.23 bits per heavy atom. The lowest BCUT2D eigenvalue weighted by Crippen LogP contribution is -2.35. The SMILES string of the molecule is COc1ccc(Cl)cc1C(=O)NCCNC(=O)c1nc(Cn2nc(C)c(Br)c2C)no1. The molecule has 1 aromatic carbocycles. The summed E-state index contributed by atoms with van der Waals surface area (Å²) in [6.07, 6.45) is 0. The number of hydrogen-bond donors (Lipinski definition) is 2. The van der Waals surface area contributed by atoms with Gasteiger partial charge >= 0.3 is 11.8 Å². The number of carbonyl (C=O) groups is 2. The fourth-order valence-corrected chi connectivity index (χ4v) is 3.21. The third-order valence-electron chi connectivity index (χ3n) is 4.35. The molecule has 0 aliphatic carbocycles. The average Bonchev–Trinajstić information content (AvgIpc) is 3.31. The van der Waals surface area contributed by atoms with Crippen LogP contribution >= 0.6 is 27.5 Å². The van der Waals surface area contributed by atoms with Gasteiger partial charge in [-0.15, -0.1) is 0 Å². The first kappa shape index (κ1) is 22.8. The van der Waals surface area contributed by atoms with Crippen molar-refractivity contribution in [2.24, 2.45) is 0 Å². The molecule has 31 heavy (non-hydrogen) atoms. The highest BCUT2D eigenvalue weighted by atomic mass is 79.9. The molecule has 3 aromatic rings. The quantitative estimate of drug-likeness (QED) is 0.445. The lowest BCUT2D eigenvalue weighted by atomic mass is 10.2. The van der Waals surface area contributed by atoms with Crippen LogP contribution in [0.15, 0.2) is 27.2 Å². The number of aromatic nitrogens is 4. The van der Waals surface area contributed by atoms with Gasteiger partial charge in [0.2, 0.25) is 0 Å². The van der Waals surface area contributed by atoms with Crippen molar-refractivity contribution in [1.82, 2.24) is 30.6 Å². The number of ether oxygens (including phenoxy) is 1. The Hall–Kier alpha value is -2.92. The van der Waals surface area contributed by atoms with Crippen LogP contribution in [-0.2, 0) is 6.54 Å². The first-order valence-corrected chi connectivity index (χ1v) is 10.4. The monoisotopic (exact) mass is 510 g/mol. The molecule has 2 heterocycles. The zero-order chi connectivity index (χ0) is 22.5. The van der Waals surface area contributed by atoms with Crippen LogP contribution in [0.5, 0.6) is 5.75 Å². The fraction of sp³-hybridized carbons (Fsp3) is 0.316. The Morgan fingerprint density at radius 2 is 1.94 bits per heavy atom. The van der Waals surface area contributed by atoms with Gasteiger partial charge in [-0.2, -0.15) is 10.1 Å². The van der Waals surface area contributed by atoms with Crippen LogP contribution in [-0.4, -0.2) is 51.9 Å². The molecule has 2 aromatic heterocycles. The number of aryl methyl sites for hydroxylation is 1. The molecule has 0 fully saturated rings. The zero-order valence-corrected chi connectivity index (χ0v) is 19.4. The van der Waals surface area contributed by atoms with Crippen LogP contribution in [0.1, 0.15) is 38.3 Å². The van der Waals surface area contributed by atoms with Crippen LogP contribution in [0, 0.1) is 13.8 Å². The van der Waals surface area contributed by atoms with E-state index in [1.807, 2.05) is 13.8 Å². The zero-order valence-electron chi connectivity index (χ0n) is 17.0. The number of hydrogen-bond acceptors (Lipinski definition) is 7. The van der Waals surface area contributed by atoms with Gasteiger partial charge in [0.25, 0.3) is 5.91 Å². The summed E-state index contributed by atoms with van der Waals surface area (Å²) in [6.45, 7) is 4.40. The van der Waals surface area contributed by atoms with Crippen molar-refractivity contribution >= 4 is 39.3 Å². The third kappa shape index (κ3) is 5.42. The molecule has 0 spiro atoms. The maximum atomic E-state index is 12.3. The molecule has 0 unspecified atom stereocenters. The molecule has 10 nitrogen and oxygen atoms in total. The molecular weight excluding hydrogens is 492 g/mol. The minimum Gasteiger partial charge on any atom is -0.496 e. The molecule has 0 radical (unpaired) electrons. The van der Waals surface area contributed by atoms with Crippen LogP contribution < -0.4 is 15.4 Å². The average molecular weight is 512 g/mol. The molecule has 0 saturated carbocycles. The van der Waals surface area contributed by atoms with Crippen LogP contribution in [0.4, 0.5) is 0 Å². The minimum absolute atomic E-state index is 0.162. The van der Waals surface area contributed by atoms with Crippen molar-refractivity contribution in [3.63, 3.8) is 0 Å². The van der Waals surface area contributed by atoms with Gasteiger partial charge in [0.05, 0.1) is 28.5 Å². The van der Waals surface area contributed by atoms with E-state index in [1.165, 1.54) is 13.2 Å². The normalized spacial score (nSPS) is 10.7. The standard InChI is InChI=1S/C19H20BrClN6O4/c1-10-16(20)11(2)27(25-10)9-15-24-19(31-26-15)18(29)23-7-6-22-17(28)13-8-12(21)4-5-14(13)30-3/h4-5,8H,6-7,9H2,1-3H3,(H,22,28)(H,23,29). The smallest absolute Gasteiger partial charge is 0.316 e. The van der Waals surface area contributed by atoms with E-state index in [0.29, 0.717) is 22.2 Å². The predicted octanol–water partition coefficient (Wildman–Crippen LogP) is 2.52. The number of nitrogens with zero attached hydrogens (tertiary/aromatic N) is 4. The van der Waals surface area contributed by atoms with Gasteiger partial charge in [-0.05, 0) is 48.0 Å². The van der Waals surface area contributed by atoms with Crippen LogP contribution in [0.25, 0.3) is 0 Å². The summed E-state index contributed by atoms with van der Waals surface area (Å²) in [7, 11) is 1.46. The molecule has 0 aliphatic heterocycles. The Bertz CT molecular complexity index is 1110. The summed E-state index contributed by atoms with van der Waals surface area (Å²) < 4.78 is 12.8. The van der Waals surface area contributed by atoms with E-state index >= 15 is 0 Å². The van der Waals surface area contributed by atoms with Gasteiger partial charge in [-0.3, -0.25) is 14.3 Å². The van der Waals surface area contributed by atoms with Crippen molar-refractivity contribution in [3.8, 4) is 5.75 Å². The molecule has 0 saturated heterocycles. The highest BCUT2D eigenvalue weighted by Gasteiger charge is 2.17. The van der Waals surface area contributed by atoms with E-state index in [9.17, 15) is 9.59 Å². The number of halogens is 2. The van der Waals surface area contributed by atoms with E-state index in [1.54, 1.807) is 16.8 Å². The molecule has 2 N–H and O–H groups in total. The third-order valence-corrected chi connectivity index (χ3v) is 5.73. The van der Waals surface area contributed by atoms with Crippen molar-refractivity contribution in [2.75, 3.05) is 20.2 Å². The number of amides is 2. The maximum Gasteiger partial charge on any atom is 0.316 e.